The van der Waals surface area contributed by atoms with E-state index in [0.29, 0.717) is 11.5 Å². The number of ether oxygens (including phenoxy) is 2. The van der Waals surface area contributed by atoms with E-state index in [0.717, 1.165) is 25.7 Å². The molecular weight excluding hydrogens is 472 g/mol. The Balaban J connectivity index is 0.00000324. The predicted octanol–water partition coefficient (Wildman–Crippen LogP) is 5.22. The van der Waals surface area contributed by atoms with Crippen LogP contribution in [0.25, 0.3) is 10.8 Å². The summed E-state index contributed by atoms with van der Waals surface area (Å²) in [5, 5.41) is 6.15. The Labute approximate surface area is 208 Å². The van der Waals surface area contributed by atoms with E-state index >= 15 is 0 Å². The zero-order chi connectivity index (χ0) is 23.4. The van der Waals surface area contributed by atoms with Gasteiger partial charge in [-0.3, -0.25) is 0 Å². The number of benzene rings is 3. The quantitative estimate of drug-likeness (QED) is 0.440. The predicted molar refractivity (Wildman–Crippen MR) is 139 cm³/mol. The third kappa shape index (κ3) is 5.66. The van der Waals surface area contributed by atoms with Crippen molar-refractivity contribution in [3.05, 3.63) is 66.2 Å². The fraction of sp³-hybridized carbons (Fsp3) is 0.385. The number of sulfonamides is 1. The Bertz CT molecular complexity index is 1210. The summed E-state index contributed by atoms with van der Waals surface area (Å²) in [5.74, 6) is 0.890. The fourth-order valence-electron chi connectivity index (χ4n) is 4.76. The van der Waals surface area contributed by atoms with Gasteiger partial charge in [-0.25, -0.2) is 13.1 Å². The lowest BCUT2D eigenvalue weighted by Gasteiger charge is -2.35. The van der Waals surface area contributed by atoms with Crippen molar-refractivity contribution in [3.8, 4) is 11.5 Å². The summed E-state index contributed by atoms with van der Waals surface area (Å²) in [6.45, 7) is 2.15. The van der Waals surface area contributed by atoms with E-state index in [9.17, 15) is 8.42 Å². The van der Waals surface area contributed by atoms with E-state index in [1.807, 2.05) is 6.07 Å². The van der Waals surface area contributed by atoms with Crippen LogP contribution in [0, 0.1) is 0 Å². The Morgan fingerprint density at radius 1 is 0.882 bits per heavy atom. The van der Waals surface area contributed by atoms with E-state index in [-0.39, 0.29) is 35.4 Å². The molecule has 3 aromatic rings. The van der Waals surface area contributed by atoms with Gasteiger partial charge in [-0.2, -0.15) is 0 Å². The SMILES string of the molecule is COc1ccc(S(=O)(=O)NC2CCCC[C@@H]2NC(C)c2cccc3ccccc23)cc1OC.Cl. The molecule has 34 heavy (non-hydrogen) atoms. The smallest absolute Gasteiger partial charge is 0.241 e. The zero-order valence-corrected chi connectivity index (χ0v) is 21.4. The molecule has 0 spiro atoms. The van der Waals surface area contributed by atoms with Gasteiger partial charge in [0.2, 0.25) is 10.0 Å². The molecule has 1 saturated carbocycles. The number of rotatable bonds is 8. The van der Waals surface area contributed by atoms with Gasteiger partial charge in [0.1, 0.15) is 0 Å². The van der Waals surface area contributed by atoms with Crippen LogP contribution in [0.5, 0.6) is 11.5 Å². The van der Waals surface area contributed by atoms with Crippen molar-refractivity contribution in [2.75, 3.05) is 14.2 Å². The lowest BCUT2D eigenvalue weighted by atomic mass is 9.89. The Morgan fingerprint density at radius 2 is 1.56 bits per heavy atom. The second kappa shape index (κ2) is 11.4. The normalized spacial score (nSPS) is 19.3. The summed E-state index contributed by atoms with van der Waals surface area (Å²) in [6.07, 6.45) is 3.80. The summed E-state index contributed by atoms with van der Waals surface area (Å²) in [5.41, 5.74) is 1.22. The molecule has 0 aliphatic heterocycles. The minimum absolute atomic E-state index is 0. The van der Waals surface area contributed by atoms with Gasteiger partial charge in [0, 0.05) is 24.2 Å². The molecule has 3 aromatic carbocycles. The van der Waals surface area contributed by atoms with Crippen molar-refractivity contribution in [2.45, 2.75) is 55.6 Å². The van der Waals surface area contributed by atoms with Crippen LogP contribution in [0.2, 0.25) is 0 Å². The van der Waals surface area contributed by atoms with Crippen molar-refractivity contribution in [3.63, 3.8) is 0 Å². The lowest BCUT2D eigenvalue weighted by Crippen LogP contribution is -2.52. The average molecular weight is 505 g/mol. The topological polar surface area (TPSA) is 76.7 Å². The molecule has 4 rings (SSSR count). The summed E-state index contributed by atoms with van der Waals surface area (Å²) >= 11 is 0. The van der Waals surface area contributed by atoms with E-state index < -0.39 is 10.0 Å². The molecule has 1 fully saturated rings. The minimum Gasteiger partial charge on any atom is -0.493 e. The minimum atomic E-state index is -3.71. The Kier molecular flexibility index (Phi) is 8.82. The van der Waals surface area contributed by atoms with Crippen LogP contribution in [0.3, 0.4) is 0 Å². The van der Waals surface area contributed by atoms with Crippen molar-refractivity contribution in [2.24, 2.45) is 0 Å². The summed E-state index contributed by atoms with van der Waals surface area (Å²) in [7, 11) is -0.686. The molecule has 184 valence electrons. The van der Waals surface area contributed by atoms with E-state index in [1.54, 1.807) is 12.1 Å². The molecule has 2 unspecified atom stereocenters. The van der Waals surface area contributed by atoms with Gasteiger partial charge >= 0.3 is 0 Å². The van der Waals surface area contributed by atoms with Crippen LogP contribution in [-0.2, 0) is 10.0 Å². The van der Waals surface area contributed by atoms with Gasteiger partial charge in [0.15, 0.2) is 11.5 Å². The van der Waals surface area contributed by atoms with Gasteiger partial charge < -0.3 is 14.8 Å². The molecule has 2 N–H and O–H groups in total. The molecular formula is C26H33ClN2O4S. The second-order valence-corrected chi connectivity index (χ2v) is 10.3. The fourth-order valence-corrected chi connectivity index (χ4v) is 6.09. The highest BCUT2D eigenvalue weighted by molar-refractivity contribution is 7.89. The first-order valence-corrected chi connectivity index (χ1v) is 12.9. The zero-order valence-electron chi connectivity index (χ0n) is 19.8. The van der Waals surface area contributed by atoms with Gasteiger partial charge in [-0.05, 0) is 48.2 Å². The Morgan fingerprint density at radius 3 is 2.29 bits per heavy atom. The van der Waals surface area contributed by atoms with Crippen LogP contribution >= 0.6 is 12.4 Å². The molecule has 6 nitrogen and oxygen atoms in total. The number of methoxy groups -OCH3 is 2. The molecule has 0 saturated heterocycles. The lowest BCUT2D eigenvalue weighted by molar-refractivity contribution is 0.291. The molecule has 0 amide bonds. The molecule has 3 atom stereocenters. The summed E-state index contributed by atoms with van der Waals surface area (Å²) in [6, 6.07) is 19.3. The molecule has 8 heteroatoms. The van der Waals surface area contributed by atoms with Gasteiger partial charge in [-0.15, -0.1) is 12.4 Å². The molecule has 0 aromatic heterocycles. The molecule has 1 aliphatic carbocycles. The number of nitrogens with one attached hydrogen (secondary N) is 2. The van der Waals surface area contributed by atoms with Crippen molar-refractivity contribution in [1.29, 1.82) is 0 Å². The molecule has 1 aliphatic rings. The molecule has 0 radical (unpaired) electrons. The van der Waals surface area contributed by atoms with Gasteiger partial charge in [0.05, 0.1) is 19.1 Å². The summed E-state index contributed by atoms with van der Waals surface area (Å²) < 4.78 is 39.9. The maximum Gasteiger partial charge on any atom is 0.241 e. The van der Waals surface area contributed by atoms with Crippen LogP contribution in [0.4, 0.5) is 0 Å². The number of hydrogen-bond acceptors (Lipinski definition) is 5. The third-order valence-corrected chi connectivity index (χ3v) is 7.98. The van der Waals surface area contributed by atoms with E-state index in [2.05, 4.69) is 53.4 Å². The van der Waals surface area contributed by atoms with Crippen LogP contribution in [-0.4, -0.2) is 34.7 Å². The number of fused-ring (bicyclic) bond motifs is 1. The molecule has 0 heterocycles. The highest BCUT2D eigenvalue weighted by Crippen LogP contribution is 2.31. The Hall–Kier alpha value is -2.32. The maximum atomic E-state index is 13.2. The van der Waals surface area contributed by atoms with Crippen molar-refractivity contribution in [1.82, 2.24) is 10.0 Å². The van der Waals surface area contributed by atoms with Gasteiger partial charge in [-0.1, -0.05) is 55.3 Å². The number of hydrogen-bond donors (Lipinski definition) is 2. The van der Waals surface area contributed by atoms with Crippen LogP contribution < -0.4 is 19.5 Å². The van der Waals surface area contributed by atoms with E-state index in [1.165, 1.54) is 36.6 Å². The highest BCUT2D eigenvalue weighted by Gasteiger charge is 2.31. The third-order valence-electron chi connectivity index (χ3n) is 6.49. The van der Waals surface area contributed by atoms with Crippen molar-refractivity contribution >= 4 is 33.2 Å². The maximum absolute atomic E-state index is 13.2. The average Bonchev–Trinajstić information content (AvgIpc) is 2.84. The first kappa shape index (κ1) is 26.3. The summed E-state index contributed by atoms with van der Waals surface area (Å²) in [4.78, 5) is 0.173. The molecule has 0 bridgehead atoms. The first-order valence-electron chi connectivity index (χ1n) is 11.4. The van der Waals surface area contributed by atoms with Crippen LogP contribution in [0.1, 0.15) is 44.2 Å². The standard InChI is InChI=1S/C26H32N2O4S.ClH/c1-18(21-12-8-10-19-9-4-5-11-22(19)21)27-23-13-6-7-14-24(23)28-33(29,30)20-15-16-25(31-2)26(17-20)32-3;/h4-5,8-12,15-18,23-24,27-28H,6-7,13-14H2,1-3H3;1H/t18?,23-,24?;/m0./s1. The van der Waals surface area contributed by atoms with E-state index in [4.69, 9.17) is 9.47 Å². The first-order chi connectivity index (χ1) is 15.9. The monoisotopic (exact) mass is 504 g/mol. The van der Waals surface area contributed by atoms with Gasteiger partial charge in [0.25, 0.3) is 0 Å². The number of halogens is 1. The second-order valence-electron chi connectivity index (χ2n) is 8.59. The highest BCUT2D eigenvalue weighted by atomic mass is 35.5. The largest absolute Gasteiger partial charge is 0.493 e. The van der Waals surface area contributed by atoms with Crippen LogP contribution in [0.15, 0.2) is 65.6 Å². The van der Waals surface area contributed by atoms with Crippen molar-refractivity contribution < 1.29 is 17.9 Å².